The highest BCUT2D eigenvalue weighted by molar-refractivity contribution is 5.91. The minimum absolute atomic E-state index is 0.0902. The lowest BCUT2D eigenvalue weighted by atomic mass is 10.1. The third-order valence-electron chi connectivity index (χ3n) is 2.54. The zero-order valence-corrected chi connectivity index (χ0v) is 10.8. The summed E-state index contributed by atoms with van der Waals surface area (Å²) in [5.41, 5.74) is 0.674. The van der Waals surface area contributed by atoms with Crippen LogP contribution in [0.4, 0.5) is 8.78 Å². The number of ketones is 1. The van der Waals surface area contributed by atoms with Gasteiger partial charge in [0.1, 0.15) is 11.5 Å². The van der Waals surface area contributed by atoms with Crippen LogP contribution in [0.15, 0.2) is 48.5 Å². The fourth-order valence-corrected chi connectivity index (χ4v) is 1.59. The molecule has 0 aromatic heterocycles. The number of benzene rings is 2. The average molecular weight is 274 g/mol. The van der Waals surface area contributed by atoms with Crippen molar-refractivity contribution in [2.45, 2.75) is 6.92 Å². The molecule has 0 aliphatic heterocycles. The van der Waals surface area contributed by atoms with Gasteiger partial charge in [0.25, 0.3) is 0 Å². The van der Waals surface area contributed by atoms with Gasteiger partial charge in [0, 0.05) is 11.6 Å². The highest BCUT2D eigenvalue weighted by Crippen LogP contribution is 2.27. The molecule has 4 heteroatoms. The van der Waals surface area contributed by atoms with E-state index in [1.807, 2.05) is 0 Å². The molecule has 0 radical (unpaired) electrons. The number of hydrogen-bond acceptors (Lipinski definition) is 2. The molecule has 0 spiro atoms. The molecule has 0 aliphatic carbocycles. The molecule has 102 valence electrons. The zero-order chi connectivity index (χ0) is 14.5. The average Bonchev–Trinajstić information content (AvgIpc) is 2.42. The van der Waals surface area contributed by atoms with Crippen molar-refractivity contribution < 1.29 is 18.3 Å². The Morgan fingerprint density at radius 3 is 2.55 bits per heavy atom. The van der Waals surface area contributed by atoms with Crippen LogP contribution in [-0.4, -0.2) is 5.78 Å². The maximum atomic E-state index is 13.1. The number of para-hydroxylation sites is 1. The van der Waals surface area contributed by atoms with Gasteiger partial charge in [-0.25, -0.2) is 8.78 Å². The molecule has 0 amide bonds. The Kier molecular flexibility index (Phi) is 4.25. The van der Waals surface area contributed by atoms with Gasteiger partial charge in [-0.1, -0.05) is 18.2 Å². The van der Waals surface area contributed by atoms with Crippen LogP contribution in [0, 0.1) is 11.6 Å². The third-order valence-corrected chi connectivity index (χ3v) is 2.54. The van der Waals surface area contributed by atoms with Gasteiger partial charge >= 0.3 is 0 Å². The first kappa shape index (κ1) is 13.9. The molecule has 0 fully saturated rings. The standard InChI is InChI=1S/C16H12F2O2/c1-11(19)6-7-12-4-2-3-5-16(12)20-13-8-9-14(17)15(18)10-13/h2-10H,1H3. The van der Waals surface area contributed by atoms with E-state index in [0.29, 0.717) is 11.3 Å². The minimum atomic E-state index is -0.973. The van der Waals surface area contributed by atoms with Gasteiger partial charge in [0.2, 0.25) is 0 Å². The van der Waals surface area contributed by atoms with Gasteiger partial charge in [-0.3, -0.25) is 4.79 Å². The van der Waals surface area contributed by atoms with Gasteiger partial charge in [-0.2, -0.15) is 0 Å². The molecule has 2 rings (SSSR count). The normalized spacial score (nSPS) is 10.8. The lowest BCUT2D eigenvalue weighted by Crippen LogP contribution is -1.90. The number of carbonyl (C=O) groups is 1. The predicted molar refractivity (Wildman–Crippen MR) is 72.6 cm³/mol. The lowest BCUT2D eigenvalue weighted by Gasteiger charge is -2.08. The van der Waals surface area contributed by atoms with Crippen LogP contribution in [0.2, 0.25) is 0 Å². The fraction of sp³-hybridized carbons (Fsp3) is 0.0625. The summed E-state index contributed by atoms with van der Waals surface area (Å²) in [5, 5.41) is 0. The molecule has 2 nitrogen and oxygen atoms in total. The highest BCUT2D eigenvalue weighted by Gasteiger charge is 2.06. The van der Waals surface area contributed by atoms with Crippen LogP contribution in [0.5, 0.6) is 11.5 Å². The Labute approximate surface area is 115 Å². The van der Waals surface area contributed by atoms with E-state index in [1.165, 1.54) is 19.1 Å². The molecule has 2 aromatic carbocycles. The maximum Gasteiger partial charge on any atom is 0.162 e. The Hall–Kier alpha value is -2.49. The second-order valence-corrected chi connectivity index (χ2v) is 4.16. The van der Waals surface area contributed by atoms with Crippen molar-refractivity contribution >= 4 is 11.9 Å². The van der Waals surface area contributed by atoms with Crippen molar-refractivity contribution in [3.8, 4) is 11.5 Å². The van der Waals surface area contributed by atoms with Gasteiger partial charge in [0.15, 0.2) is 17.4 Å². The lowest BCUT2D eigenvalue weighted by molar-refractivity contribution is -0.112. The Bertz CT molecular complexity index is 663. The molecular formula is C16H12F2O2. The highest BCUT2D eigenvalue weighted by atomic mass is 19.2. The topological polar surface area (TPSA) is 26.3 Å². The van der Waals surface area contributed by atoms with E-state index in [9.17, 15) is 13.6 Å². The van der Waals surface area contributed by atoms with Crippen molar-refractivity contribution in [2.75, 3.05) is 0 Å². The van der Waals surface area contributed by atoms with Crippen molar-refractivity contribution in [2.24, 2.45) is 0 Å². The first-order valence-corrected chi connectivity index (χ1v) is 5.97. The summed E-state index contributed by atoms with van der Waals surface area (Å²) in [6.45, 7) is 1.44. The number of ether oxygens (including phenoxy) is 1. The predicted octanol–water partition coefficient (Wildman–Crippen LogP) is 4.36. The number of carbonyl (C=O) groups excluding carboxylic acids is 1. The molecule has 0 aliphatic rings. The molecule has 0 heterocycles. The molecule has 0 unspecified atom stereocenters. The Balaban J connectivity index is 2.29. The molecule has 0 saturated carbocycles. The second-order valence-electron chi connectivity index (χ2n) is 4.16. The Morgan fingerprint density at radius 1 is 1.10 bits per heavy atom. The van der Waals surface area contributed by atoms with E-state index >= 15 is 0 Å². The number of allylic oxidation sites excluding steroid dienone is 1. The van der Waals surface area contributed by atoms with Crippen LogP contribution in [0.3, 0.4) is 0 Å². The van der Waals surface area contributed by atoms with Crippen LogP contribution in [-0.2, 0) is 4.79 Å². The van der Waals surface area contributed by atoms with Crippen LogP contribution >= 0.6 is 0 Å². The summed E-state index contributed by atoms with van der Waals surface area (Å²) in [5.74, 6) is -1.35. The molecule has 2 aromatic rings. The fourth-order valence-electron chi connectivity index (χ4n) is 1.59. The van der Waals surface area contributed by atoms with E-state index < -0.39 is 11.6 Å². The van der Waals surface area contributed by atoms with Gasteiger partial charge in [-0.05, 0) is 37.3 Å². The molecule has 0 atom stereocenters. The molecule has 0 bridgehead atoms. The van der Waals surface area contributed by atoms with E-state index in [0.717, 1.165) is 12.1 Å². The van der Waals surface area contributed by atoms with E-state index in [2.05, 4.69) is 0 Å². The zero-order valence-electron chi connectivity index (χ0n) is 10.8. The molecule has 0 N–H and O–H groups in total. The summed E-state index contributed by atoms with van der Waals surface area (Å²) in [7, 11) is 0. The first-order valence-electron chi connectivity index (χ1n) is 5.97. The SMILES string of the molecule is CC(=O)C=Cc1ccccc1Oc1ccc(F)c(F)c1. The summed E-state index contributed by atoms with van der Waals surface area (Å²) < 4.78 is 31.5. The van der Waals surface area contributed by atoms with E-state index in [-0.39, 0.29) is 11.5 Å². The summed E-state index contributed by atoms with van der Waals surface area (Å²) >= 11 is 0. The smallest absolute Gasteiger partial charge is 0.162 e. The summed E-state index contributed by atoms with van der Waals surface area (Å²) in [4.78, 5) is 10.9. The Morgan fingerprint density at radius 2 is 1.85 bits per heavy atom. The minimum Gasteiger partial charge on any atom is -0.457 e. The third kappa shape index (κ3) is 3.51. The van der Waals surface area contributed by atoms with Gasteiger partial charge in [0.05, 0.1) is 0 Å². The molecule has 0 saturated heterocycles. The van der Waals surface area contributed by atoms with E-state index in [1.54, 1.807) is 30.3 Å². The van der Waals surface area contributed by atoms with Gasteiger partial charge in [-0.15, -0.1) is 0 Å². The van der Waals surface area contributed by atoms with Crippen LogP contribution in [0.25, 0.3) is 6.08 Å². The molecule has 20 heavy (non-hydrogen) atoms. The largest absolute Gasteiger partial charge is 0.457 e. The first-order chi connectivity index (χ1) is 9.56. The summed E-state index contributed by atoms with van der Waals surface area (Å²) in [6, 6.07) is 10.3. The van der Waals surface area contributed by atoms with Crippen molar-refractivity contribution in [1.29, 1.82) is 0 Å². The quantitative estimate of drug-likeness (QED) is 0.774. The van der Waals surface area contributed by atoms with Gasteiger partial charge < -0.3 is 4.74 Å². The summed E-state index contributed by atoms with van der Waals surface area (Å²) in [6.07, 6.45) is 3.02. The van der Waals surface area contributed by atoms with Crippen molar-refractivity contribution in [3.05, 3.63) is 65.7 Å². The number of halogens is 2. The van der Waals surface area contributed by atoms with Crippen LogP contribution < -0.4 is 4.74 Å². The van der Waals surface area contributed by atoms with Crippen molar-refractivity contribution in [3.63, 3.8) is 0 Å². The molecular weight excluding hydrogens is 262 g/mol. The maximum absolute atomic E-state index is 13.1. The monoisotopic (exact) mass is 274 g/mol. The number of rotatable bonds is 4. The van der Waals surface area contributed by atoms with Crippen molar-refractivity contribution in [1.82, 2.24) is 0 Å². The van der Waals surface area contributed by atoms with Crippen LogP contribution in [0.1, 0.15) is 12.5 Å². The van der Waals surface area contributed by atoms with E-state index in [4.69, 9.17) is 4.74 Å². The second kappa shape index (κ2) is 6.10. The number of hydrogen-bond donors (Lipinski definition) is 0.